The van der Waals surface area contributed by atoms with Gasteiger partial charge in [-0.05, 0) is 31.2 Å². The summed E-state index contributed by atoms with van der Waals surface area (Å²) >= 11 is 1.34. The van der Waals surface area contributed by atoms with Crippen LogP contribution in [0.5, 0.6) is 0 Å². The lowest BCUT2D eigenvalue weighted by atomic mass is 10.1. The molecule has 0 radical (unpaired) electrons. The molecule has 0 atom stereocenters. The Hall–Kier alpha value is -2.71. The van der Waals surface area contributed by atoms with Crippen LogP contribution in [0, 0.1) is 6.92 Å². The summed E-state index contributed by atoms with van der Waals surface area (Å²) in [6, 6.07) is 12.0. The molecule has 25 heavy (non-hydrogen) atoms. The van der Waals surface area contributed by atoms with Crippen molar-refractivity contribution in [2.24, 2.45) is 0 Å². The number of aromatic nitrogens is 3. The van der Waals surface area contributed by atoms with Crippen molar-refractivity contribution in [3.8, 4) is 11.3 Å². The maximum absolute atomic E-state index is 13.1. The average Bonchev–Trinajstić information content (AvgIpc) is 3.18. The fourth-order valence-corrected chi connectivity index (χ4v) is 4.92. The lowest BCUT2D eigenvalue weighted by Crippen LogP contribution is -2.14. The lowest BCUT2D eigenvalue weighted by Gasteiger charge is -2.09. The minimum atomic E-state index is -3.73. The van der Waals surface area contributed by atoms with Crippen molar-refractivity contribution < 1.29 is 8.42 Å². The van der Waals surface area contributed by atoms with Gasteiger partial charge in [0.1, 0.15) is 0 Å². The van der Waals surface area contributed by atoms with Crippen molar-refractivity contribution >= 4 is 37.5 Å². The summed E-state index contributed by atoms with van der Waals surface area (Å²) in [5.41, 5.74) is 8.22. The molecule has 0 bridgehead atoms. The maximum Gasteiger partial charge on any atom is 0.269 e. The minimum absolute atomic E-state index is 0.223. The number of rotatable bonds is 3. The first-order valence-electron chi connectivity index (χ1n) is 7.47. The summed E-state index contributed by atoms with van der Waals surface area (Å²) < 4.78 is 27.4. The molecule has 0 amide bonds. The monoisotopic (exact) mass is 370 g/mol. The molecule has 0 spiro atoms. The van der Waals surface area contributed by atoms with Crippen LogP contribution >= 0.6 is 11.3 Å². The van der Waals surface area contributed by atoms with E-state index in [0.717, 1.165) is 10.9 Å². The van der Waals surface area contributed by atoms with Crippen molar-refractivity contribution in [2.45, 2.75) is 11.8 Å². The summed E-state index contributed by atoms with van der Waals surface area (Å²) in [4.78, 5) is 8.84. The molecule has 0 fully saturated rings. The number of hydrogen-bond acceptors (Lipinski definition) is 6. The van der Waals surface area contributed by atoms with E-state index in [0.29, 0.717) is 22.2 Å². The van der Waals surface area contributed by atoms with Gasteiger partial charge in [0.15, 0.2) is 10.8 Å². The highest BCUT2D eigenvalue weighted by Crippen LogP contribution is 2.32. The number of aryl methyl sites for hydroxylation is 1. The third kappa shape index (κ3) is 2.50. The first-order valence-corrected chi connectivity index (χ1v) is 9.79. The molecule has 4 aromatic rings. The number of anilines is 1. The minimum Gasteiger partial charge on any atom is -0.375 e. The highest BCUT2D eigenvalue weighted by molar-refractivity contribution is 7.90. The van der Waals surface area contributed by atoms with Gasteiger partial charge in [-0.1, -0.05) is 18.2 Å². The molecule has 0 aliphatic carbocycles. The van der Waals surface area contributed by atoms with Gasteiger partial charge in [0, 0.05) is 28.2 Å². The topological polar surface area (TPSA) is 90.9 Å². The second-order valence-electron chi connectivity index (χ2n) is 5.53. The number of nitrogens with two attached hydrogens (primary N) is 1. The van der Waals surface area contributed by atoms with Gasteiger partial charge in [-0.3, -0.25) is 0 Å². The summed E-state index contributed by atoms with van der Waals surface area (Å²) in [7, 11) is -3.73. The lowest BCUT2D eigenvalue weighted by molar-refractivity contribution is 0.587. The van der Waals surface area contributed by atoms with Crippen LogP contribution in [0.4, 0.5) is 5.13 Å². The van der Waals surface area contributed by atoms with E-state index in [1.165, 1.54) is 15.3 Å². The molecular formula is C17H14N4O2S2. The average molecular weight is 370 g/mol. The van der Waals surface area contributed by atoms with Gasteiger partial charge < -0.3 is 5.73 Å². The zero-order chi connectivity index (χ0) is 17.6. The fourth-order valence-electron chi connectivity index (χ4n) is 2.84. The Labute approximate surface area is 148 Å². The van der Waals surface area contributed by atoms with E-state index in [4.69, 9.17) is 5.73 Å². The Morgan fingerprint density at radius 2 is 1.92 bits per heavy atom. The molecule has 1 aromatic carbocycles. The highest BCUT2D eigenvalue weighted by atomic mass is 32.2. The van der Waals surface area contributed by atoms with Gasteiger partial charge in [0.2, 0.25) is 0 Å². The molecular weight excluding hydrogens is 356 g/mol. The smallest absolute Gasteiger partial charge is 0.269 e. The van der Waals surface area contributed by atoms with Gasteiger partial charge in [0.05, 0.1) is 10.6 Å². The van der Waals surface area contributed by atoms with Crippen molar-refractivity contribution in [3.05, 3.63) is 59.7 Å². The van der Waals surface area contributed by atoms with Crippen LogP contribution in [0.25, 0.3) is 22.3 Å². The molecule has 0 saturated heterocycles. The maximum atomic E-state index is 13.1. The summed E-state index contributed by atoms with van der Waals surface area (Å²) in [6.45, 7) is 1.75. The zero-order valence-corrected chi connectivity index (χ0v) is 14.9. The number of pyridine rings is 1. The molecule has 3 heterocycles. The van der Waals surface area contributed by atoms with Crippen LogP contribution in [-0.4, -0.2) is 22.4 Å². The number of nitrogen functional groups attached to an aromatic ring is 1. The third-order valence-corrected chi connectivity index (χ3v) is 6.40. The Morgan fingerprint density at radius 1 is 1.16 bits per heavy atom. The van der Waals surface area contributed by atoms with Crippen molar-refractivity contribution in [2.75, 3.05) is 5.73 Å². The van der Waals surface area contributed by atoms with Crippen LogP contribution in [0.1, 0.15) is 5.69 Å². The molecule has 8 heteroatoms. The second-order valence-corrected chi connectivity index (χ2v) is 8.21. The molecule has 6 nitrogen and oxygen atoms in total. The van der Waals surface area contributed by atoms with Crippen LogP contribution in [-0.2, 0) is 10.0 Å². The largest absolute Gasteiger partial charge is 0.375 e. The second kappa shape index (κ2) is 5.68. The van der Waals surface area contributed by atoms with Gasteiger partial charge in [0.25, 0.3) is 10.0 Å². The van der Waals surface area contributed by atoms with Gasteiger partial charge >= 0.3 is 0 Å². The normalized spacial score (nSPS) is 11.9. The molecule has 0 aliphatic rings. The van der Waals surface area contributed by atoms with Gasteiger partial charge in [-0.15, -0.1) is 11.3 Å². The summed E-state index contributed by atoms with van der Waals surface area (Å²) in [5, 5.41) is 3.04. The summed E-state index contributed by atoms with van der Waals surface area (Å²) in [6.07, 6.45) is 1.59. The number of benzene rings is 1. The molecule has 0 saturated carbocycles. The summed E-state index contributed by atoms with van der Waals surface area (Å²) in [5.74, 6) is 0. The number of nitrogens with zero attached hydrogens (tertiary/aromatic N) is 3. The number of fused-ring (bicyclic) bond motifs is 1. The van der Waals surface area contributed by atoms with E-state index >= 15 is 0 Å². The molecule has 4 rings (SSSR count). The molecule has 0 aliphatic heterocycles. The predicted octanol–water partition coefficient (Wildman–Crippen LogP) is 3.29. The fraction of sp³-hybridized carbons (Fsp3) is 0.0588. The molecule has 126 valence electrons. The van der Waals surface area contributed by atoms with Crippen LogP contribution in [0.15, 0.2) is 58.9 Å². The SMILES string of the molecule is Cc1cc2c(-c3csc(N)n3)ccnc2n1S(=O)(=O)c1ccccc1. The Kier molecular flexibility index (Phi) is 3.59. The molecule has 3 aromatic heterocycles. The van der Waals surface area contributed by atoms with E-state index in [2.05, 4.69) is 9.97 Å². The van der Waals surface area contributed by atoms with Crippen LogP contribution in [0.3, 0.4) is 0 Å². The standard InChI is InChI=1S/C17H14N4O2S2/c1-11-9-14-13(15-10-24-17(18)20-15)7-8-19-16(14)21(11)25(22,23)12-5-3-2-4-6-12/h2-10H,1H3,(H2,18,20). The van der Waals surface area contributed by atoms with E-state index in [1.54, 1.807) is 43.5 Å². The number of hydrogen-bond donors (Lipinski definition) is 1. The first-order chi connectivity index (χ1) is 12.0. The van der Waals surface area contributed by atoms with Gasteiger partial charge in [-0.2, -0.15) is 0 Å². The zero-order valence-electron chi connectivity index (χ0n) is 13.2. The Balaban J connectivity index is 2.00. The first kappa shape index (κ1) is 15.8. The van der Waals surface area contributed by atoms with Crippen molar-refractivity contribution in [3.63, 3.8) is 0 Å². The van der Waals surface area contributed by atoms with E-state index in [9.17, 15) is 8.42 Å². The molecule has 0 unspecified atom stereocenters. The van der Waals surface area contributed by atoms with Crippen molar-refractivity contribution in [1.82, 2.24) is 13.9 Å². The van der Waals surface area contributed by atoms with Crippen LogP contribution < -0.4 is 5.73 Å². The van der Waals surface area contributed by atoms with E-state index in [-0.39, 0.29) is 4.90 Å². The Bertz CT molecular complexity index is 1180. The highest BCUT2D eigenvalue weighted by Gasteiger charge is 2.23. The third-order valence-electron chi connectivity index (χ3n) is 3.91. The quantitative estimate of drug-likeness (QED) is 0.597. The number of thiazole rings is 1. The van der Waals surface area contributed by atoms with Crippen molar-refractivity contribution in [1.29, 1.82) is 0 Å². The Morgan fingerprint density at radius 3 is 2.60 bits per heavy atom. The van der Waals surface area contributed by atoms with Gasteiger partial charge in [-0.25, -0.2) is 22.4 Å². The molecule has 2 N–H and O–H groups in total. The van der Waals surface area contributed by atoms with Crippen LogP contribution in [0.2, 0.25) is 0 Å². The predicted molar refractivity (Wildman–Crippen MR) is 99.0 cm³/mol. The van der Waals surface area contributed by atoms with E-state index in [1.807, 2.05) is 17.5 Å². The van der Waals surface area contributed by atoms with E-state index < -0.39 is 10.0 Å².